The molecule has 0 bridgehead atoms. The van der Waals surface area contributed by atoms with Crippen molar-refractivity contribution in [2.45, 2.75) is 13.5 Å². The zero-order valence-electron chi connectivity index (χ0n) is 13.4. The van der Waals surface area contributed by atoms with Crippen LogP contribution in [0.5, 0.6) is 0 Å². The minimum atomic E-state index is -0.0767. The number of carbonyl (C=O) groups excluding carboxylic acids is 1. The van der Waals surface area contributed by atoms with Crippen molar-refractivity contribution in [2.24, 2.45) is 0 Å². The summed E-state index contributed by atoms with van der Waals surface area (Å²) in [6.07, 6.45) is 0. The monoisotopic (exact) mass is 339 g/mol. The van der Waals surface area contributed by atoms with Crippen LogP contribution in [0.1, 0.15) is 23.0 Å². The van der Waals surface area contributed by atoms with Gasteiger partial charge in [0.2, 0.25) is 0 Å². The summed E-state index contributed by atoms with van der Waals surface area (Å²) < 4.78 is 0. The Morgan fingerprint density at radius 2 is 1.83 bits per heavy atom. The van der Waals surface area contributed by atoms with Crippen LogP contribution in [0.2, 0.25) is 5.02 Å². The number of rotatable bonds is 5. The third-order valence-electron chi connectivity index (χ3n) is 3.84. The zero-order valence-corrected chi connectivity index (χ0v) is 14.1. The number of amides is 1. The van der Waals surface area contributed by atoms with Gasteiger partial charge in [0.05, 0.1) is 10.7 Å². The lowest BCUT2D eigenvalue weighted by Gasteiger charge is -2.20. The zero-order chi connectivity index (χ0) is 16.9. The molecule has 0 aliphatic heterocycles. The summed E-state index contributed by atoms with van der Waals surface area (Å²) in [7, 11) is 0. The topological polar surface area (TPSA) is 49.0 Å². The predicted octanol–water partition coefficient (Wildman–Crippen LogP) is 4.39. The SMILES string of the molecule is CCN(Cc1ccccc1)C(=O)c1cc(-c2ccccc2Cl)n[nH]1. The van der Waals surface area contributed by atoms with Gasteiger partial charge in [0.15, 0.2) is 0 Å². The predicted molar refractivity (Wildman–Crippen MR) is 95.9 cm³/mol. The molecule has 0 atom stereocenters. The smallest absolute Gasteiger partial charge is 0.272 e. The first-order valence-corrected chi connectivity index (χ1v) is 8.20. The molecule has 1 heterocycles. The number of aromatic amines is 1. The van der Waals surface area contributed by atoms with Crippen LogP contribution in [0.15, 0.2) is 60.7 Å². The summed E-state index contributed by atoms with van der Waals surface area (Å²) in [6, 6.07) is 19.1. The van der Waals surface area contributed by atoms with Crippen LogP contribution in [0.3, 0.4) is 0 Å². The van der Waals surface area contributed by atoms with Crippen LogP contribution < -0.4 is 0 Å². The molecule has 0 spiro atoms. The van der Waals surface area contributed by atoms with Crippen molar-refractivity contribution in [1.29, 1.82) is 0 Å². The minimum Gasteiger partial charge on any atom is -0.333 e. The molecule has 122 valence electrons. The van der Waals surface area contributed by atoms with Gasteiger partial charge >= 0.3 is 0 Å². The molecular weight excluding hydrogens is 322 g/mol. The van der Waals surface area contributed by atoms with E-state index in [4.69, 9.17) is 11.6 Å². The summed E-state index contributed by atoms with van der Waals surface area (Å²) in [5.74, 6) is -0.0767. The maximum atomic E-state index is 12.7. The average Bonchev–Trinajstić information content (AvgIpc) is 3.10. The minimum absolute atomic E-state index is 0.0767. The van der Waals surface area contributed by atoms with Crippen LogP contribution in [-0.4, -0.2) is 27.5 Å². The van der Waals surface area contributed by atoms with E-state index in [2.05, 4.69) is 10.2 Å². The fraction of sp³-hybridized carbons (Fsp3) is 0.158. The number of halogens is 1. The standard InChI is InChI=1S/C19H18ClN3O/c1-2-23(13-14-8-4-3-5-9-14)19(24)18-12-17(21-22-18)15-10-6-7-11-16(15)20/h3-12H,2,13H2,1H3,(H,21,22). The second-order valence-corrected chi connectivity index (χ2v) is 5.86. The van der Waals surface area contributed by atoms with Gasteiger partial charge in [-0.05, 0) is 24.6 Å². The fourth-order valence-corrected chi connectivity index (χ4v) is 2.77. The lowest BCUT2D eigenvalue weighted by Crippen LogP contribution is -2.30. The molecule has 0 unspecified atom stereocenters. The van der Waals surface area contributed by atoms with E-state index < -0.39 is 0 Å². The Morgan fingerprint density at radius 3 is 2.54 bits per heavy atom. The molecule has 5 heteroatoms. The van der Waals surface area contributed by atoms with E-state index in [1.54, 1.807) is 17.0 Å². The van der Waals surface area contributed by atoms with Gasteiger partial charge in [-0.1, -0.05) is 60.1 Å². The number of hydrogen-bond donors (Lipinski definition) is 1. The van der Waals surface area contributed by atoms with Gasteiger partial charge in [-0.15, -0.1) is 0 Å². The van der Waals surface area contributed by atoms with Gasteiger partial charge in [0.25, 0.3) is 5.91 Å². The molecule has 24 heavy (non-hydrogen) atoms. The Balaban J connectivity index is 1.81. The second kappa shape index (κ2) is 7.32. The maximum absolute atomic E-state index is 12.7. The highest BCUT2D eigenvalue weighted by atomic mass is 35.5. The molecule has 0 aliphatic carbocycles. The van der Waals surface area contributed by atoms with E-state index in [9.17, 15) is 4.79 Å². The van der Waals surface area contributed by atoms with Gasteiger partial charge in [-0.3, -0.25) is 9.89 Å². The molecule has 0 aliphatic rings. The normalized spacial score (nSPS) is 10.6. The molecule has 1 N–H and O–H groups in total. The van der Waals surface area contributed by atoms with Crippen LogP contribution >= 0.6 is 11.6 Å². The van der Waals surface area contributed by atoms with E-state index in [0.717, 1.165) is 11.1 Å². The maximum Gasteiger partial charge on any atom is 0.272 e. The number of nitrogens with zero attached hydrogens (tertiary/aromatic N) is 2. The first kappa shape index (κ1) is 16.3. The van der Waals surface area contributed by atoms with Gasteiger partial charge in [0.1, 0.15) is 5.69 Å². The Labute approximate surface area is 146 Å². The van der Waals surface area contributed by atoms with E-state index in [-0.39, 0.29) is 5.91 Å². The number of hydrogen-bond acceptors (Lipinski definition) is 2. The van der Waals surface area contributed by atoms with Crippen molar-refractivity contribution in [3.8, 4) is 11.3 Å². The molecule has 3 rings (SSSR count). The third kappa shape index (κ3) is 3.49. The van der Waals surface area contributed by atoms with E-state index in [0.29, 0.717) is 29.5 Å². The molecule has 3 aromatic rings. The molecule has 1 aromatic heterocycles. The molecule has 2 aromatic carbocycles. The lowest BCUT2D eigenvalue weighted by atomic mass is 10.1. The molecule has 4 nitrogen and oxygen atoms in total. The van der Waals surface area contributed by atoms with E-state index in [1.807, 2.05) is 55.5 Å². The molecule has 0 saturated heterocycles. The summed E-state index contributed by atoms with van der Waals surface area (Å²) >= 11 is 6.20. The molecular formula is C19H18ClN3O. The lowest BCUT2D eigenvalue weighted by molar-refractivity contribution is 0.0746. The second-order valence-electron chi connectivity index (χ2n) is 5.45. The quantitative estimate of drug-likeness (QED) is 0.749. The Kier molecular flexibility index (Phi) is 4.96. The van der Waals surface area contributed by atoms with Crippen molar-refractivity contribution >= 4 is 17.5 Å². The third-order valence-corrected chi connectivity index (χ3v) is 4.17. The largest absolute Gasteiger partial charge is 0.333 e. The summed E-state index contributed by atoms with van der Waals surface area (Å²) in [5.41, 5.74) is 3.03. The fourth-order valence-electron chi connectivity index (χ4n) is 2.54. The van der Waals surface area contributed by atoms with Gasteiger partial charge < -0.3 is 4.90 Å². The van der Waals surface area contributed by atoms with Gasteiger partial charge in [0, 0.05) is 18.7 Å². The number of aromatic nitrogens is 2. The summed E-state index contributed by atoms with van der Waals surface area (Å²) in [4.78, 5) is 14.5. The van der Waals surface area contributed by atoms with E-state index >= 15 is 0 Å². The van der Waals surface area contributed by atoms with Crippen molar-refractivity contribution in [1.82, 2.24) is 15.1 Å². The first-order valence-electron chi connectivity index (χ1n) is 7.82. The summed E-state index contributed by atoms with van der Waals surface area (Å²) in [5, 5.41) is 7.68. The summed E-state index contributed by atoms with van der Waals surface area (Å²) in [6.45, 7) is 3.15. The number of H-pyrrole nitrogens is 1. The van der Waals surface area contributed by atoms with Crippen molar-refractivity contribution in [2.75, 3.05) is 6.54 Å². The molecule has 1 amide bonds. The molecule has 0 radical (unpaired) electrons. The van der Waals surface area contributed by atoms with Gasteiger partial charge in [-0.2, -0.15) is 5.10 Å². The van der Waals surface area contributed by atoms with Gasteiger partial charge in [-0.25, -0.2) is 0 Å². The number of nitrogens with one attached hydrogen (secondary N) is 1. The van der Waals surface area contributed by atoms with Crippen LogP contribution in [0.25, 0.3) is 11.3 Å². The highest BCUT2D eigenvalue weighted by molar-refractivity contribution is 6.33. The Bertz CT molecular complexity index is 829. The van der Waals surface area contributed by atoms with Crippen molar-refractivity contribution in [3.05, 3.63) is 76.9 Å². The van der Waals surface area contributed by atoms with Crippen LogP contribution in [0, 0.1) is 0 Å². The average molecular weight is 340 g/mol. The highest BCUT2D eigenvalue weighted by Gasteiger charge is 2.18. The number of carbonyl (C=O) groups is 1. The van der Waals surface area contributed by atoms with E-state index in [1.165, 1.54) is 0 Å². The Hall–Kier alpha value is -2.59. The van der Waals surface area contributed by atoms with Crippen molar-refractivity contribution < 1.29 is 4.79 Å². The van der Waals surface area contributed by atoms with Crippen molar-refractivity contribution in [3.63, 3.8) is 0 Å². The van der Waals surface area contributed by atoms with Crippen LogP contribution in [0.4, 0.5) is 0 Å². The molecule has 0 saturated carbocycles. The van der Waals surface area contributed by atoms with Crippen LogP contribution in [-0.2, 0) is 6.54 Å². The number of benzene rings is 2. The Morgan fingerprint density at radius 1 is 1.12 bits per heavy atom. The first-order chi connectivity index (χ1) is 11.7. The molecule has 0 fully saturated rings. The highest BCUT2D eigenvalue weighted by Crippen LogP contribution is 2.26.